The molecule has 4 heteroatoms. The van der Waals surface area contributed by atoms with Crippen LogP contribution in [0.5, 0.6) is 0 Å². The lowest BCUT2D eigenvalue weighted by Crippen LogP contribution is -2.07. The van der Waals surface area contributed by atoms with Gasteiger partial charge in [0.05, 0.1) is 4.92 Å². The highest BCUT2D eigenvalue weighted by atomic mass is 79.9. The van der Waals surface area contributed by atoms with Gasteiger partial charge in [-0.25, -0.2) is 0 Å². The molecule has 2 atom stereocenters. The molecule has 0 bridgehead atoms. The molecule has 1 saturated carbocycles. The van der Waals surface area contributed by atoms with Gasteiger partial charge in [-0.3, -0.25) is 10.1 Å². The molecule has 1 aliphatic carbocycles. The molecule has 17 heavy (non-hydrogen) atoms. The van der Waals surface area contributed by atoms with Crippen LogP contribution in [0, 0.1) is 16.0 Å². The van der Waals surface area contributed by atoms with E-state index in [0.717, 1.165) is 12.3 Å². The van der Waals surface area contributed by atoms with Crippen LogP contribution in [0.2, 0.25) is 0 Å². The molecule has 1 aromatic carbocycles. The number of nitro groups is 1. The minimum absolute atomic E-state index is 0.174. The minimum atomic E-state index is -0.352. The Hall–Kier alpha value is -0.900. The first-order valence-electron chi connectivity index (χ1n) is 6.04. The van der Waals surface area contributed by atoms with Crippen LogP contribution in [0.1, 0.15) is 31.2 Å². The number of aryl methyl sites for hydroxylation is 1. The molecule has 3 nitrogen and oxygen atoms in total. The monoisotopic (exact) mass is 297 g/mol. The van der Waals surface area contributed by atoms with Crippen LogP contribution in [-0.2, 0) is 6.42 Å². The predicted molar refractivity (Wildman–Crippen MR) is 71.5 cm³/mol. The first-order chi connectivity index (χ1) is 8.16. The predicted octanol–water partition coefficient (Wildman–Crippen LogP) is 4.09. The van der Waals surface area contributed by atoms with E-state index in [0.29, 0.717) is 4.83 Å². The molecule has 92 valence electrons. The Morgan fingerprint density at radius 2 is 2.00 bits per heavy atom. The van der Waals surface area contributed by atoms with Crippen LogP contribution in [0.4, 0.5) is 5.69 Å². The molecule has 0 spiro atoms. The van der Waals surface area contributed by atoms with Crippen molar-refractivity contribution >= 4 is 21.6 Å². The standard InChI is InChI=1S/C13H16BrNO2/c14-13-3-1-2-11(13)7-4-10-5-8-12(9-6-10)15(16)17/h5-6,8-9,11,13H,1-4,7H2. The summed E-state index contributed by atoms with van der Waals surface area (Å²) in [6.07, 6.45) is 6.10. The molecule has 0 aromatic heterocycles. The largest absolute Gasteiger partial charge is 0.269 e. The molecule has 1 aromatic rings. The molecular weight excluding hydrogens is 282 g/mol. The number of alkyl halides is 1. The Morgan fingerprint density at radius 1 is 1.29 bits per heavy atom. The number of nitrogens with zero attached hydrogens (tertiary/aromatic N) is 1. The quantitative estimate of drug-likeness (QED) is 0.477. The van der Waals surface area contributed by atoms with Crippen molar-refractivity contribution in [2.75, 3.05) is 0 Å². The van der Waals surface area contributed by atoms with E-state index in [2.05, 4.69) is 15.9 Å². The van der Waals surface area contributed by atoms with Gasteiger partial charge in [0.15, 0.2) is 0 Å². The Balaban J connectivity index is 1.88. The molecule has 0 aliphatic heterocycles. The third-order valence-electron chi connectivity index (χ3n) is 3.52. The summed E-state index contributed by atoms with van der Waals surface area (Å²) in [7, 11) is 0. The van der Waals surface area contributed by atoms with Crippen molar-refractivity contribution in [3.05, 3.63) is 39.9 Å². The van der Waals surface area contributed by atoms with Crippen LogP contribution in [0.15, 0.2) is 24.3 Å². The van der Waals surface area contributed by atoms with Crippen LogP contribution in [0.3, 0.4) is 0 Å². The van der Waals surface area contributed by atoms with E-state index < -0.39 is 0 Å². The molecule has 1 fully saturated rings. The maximum Gasteiger partial charge on any atom is 0.269 e. The zero-order valence-corrected chi connectivity index (χ0v) is 11.2. The summed E-state index contributed by atoms with van der Waals surface area (Å²) in [5.41, 5.74) is 1.37. The summed E-state index contributed by atoms with van der Waals surface area (Å²) < 4.78 is 0. The Bertz CT molecular complexity index is 391. The fourth-order valence-corrected chi connectivity index (χ4v) is 3.31. The summed E-state index contributed by atoms with van der Waals surface area (Å²) >= 11 is 3.72. The second kappa shape index (κ2) is 5.63. The van der Waals surface area contributed by atoms with E-state index in [1.165, 1.54) is 31.2 Å². The van der Waals surface area contributed by atoms with E-state index in [4.69, 9.17) is 0 Å². The molecule has 0 N–H and O–H groups in total. The molecule has 0 amide bonds. The topological polar surface area (TPSA) is 43.1 Å². The van der Waals surface area contributed by atoms with Gasteiger partial charge in [0.1, 0.15) is 0 Å². The van der Waals surface area contributed by atoms with Gasteiger partial charge >= 0.3 is 0 Å². The summed E-state index contributed by atoms with van der Waals surface area (Å²) in [5, 5.41) is 10.5. The van der Waals surface area contributed by atoms with Crippen molar-refractivity contribution in [1.29, 1.82) is 0 Å². The highest BCUT2D eigenvalue weighted by Gasteiger charge is 2.24. The van der Waals surface area contributed by atoms with Gasteiger partial charge in [0, 0.05) is 17.0 Å². The fourth-order valence-electron chi connectivity index (χ4n) is 2.45. The molecule has 0 heterocycles. The zero-order chi connectivity index (χ0) is 12.3. The molecule has 1 aliphatic rings. The summed E-state index contributed by atoms with van der Waals surface area (Å²) in [6.45, 7) is 0. The van der Waals surface area contributed by atoms with E-state index in [9.17, 15) is 10.1 Å². The van der Waals surface area contributed by atoms with Crippen molar-refractivity contribution in [2.45, 2.75) is 36.9 Å². The third kappa shape index (κ3) is 3.28. The second-order valence-electron chi connectivity index (χ2n) is 4.67. The van der Waals surface area contributed by atoms with E-state index in [1.54, 1.807) is 12.1 Å². The van der Waals surface area contributed by atoms with Crippen LogP contribution >= 0.6 is 15.9 Å². The Labute approximate surface area is 110 Å². The maximum absolute atomic E-state index is 10.5. The first kappa shape index (κ1) is 12.6. The zero-order valence-electron chi connectivity index (χ0n) is 9.64. The summed E-state index contributed by atoms with van der Waals surface area (Å²) in [4.78, 5) is 10.8. The van der Waals surface area contributed by atoms with Gasteiger partial charge in [0.2, 0.25) is 0 Å². The normalized spacial score (nSPS) is 23.8. The molecule has 0 radical (unpaired) electrons. The number of hydrogen-bond donors (Lipinski definition) is 0. The van der Waals surface area contributed by atoms with Crippen molar-refractivity contribution in [3.63, 3.8) is 0 Å². The van der Waals surface area contributed by atoms with Gasteiger partial charge in [-0.15, -0.1) is 0 Å². The fraction of sp³-hybridized carbons (Fsp3) is 0.538. The van der Waals surface area contributed by atoms with Crippen LogP contribution in [0.25, 0.3) is 0 Å². The van der Waals surface area contributed by atoms with Crippen molar-refractivity contribution < 1.29 is 4.92 Å². The smallest absolute Gasteiger partial charge is 0.258 e. The molecule has 0 saturated heterocycles. The van der Waals surface area contributed by atoms with Crippen molar-refractivity contribution in [2.24, 2.45) is 5.92 Å². The van der Waals surface area contributed by atoms with E-state index >= 15 is 0 Å². The minimum Gasteiger partial charge on any atom is -0.258 e. The van der Waals surface area contributed by atoms with Gasteiger partial charge in [-0.05, 0) is 37.2 Å². The average Bonchev–Trinajstić information content (AvgIpc) is 2.73. The van der Waals surface area contributed by atoms with Gasteiger partial charge in [-0.2, -0.15) is 0 Å². The van der Waals surface area contributed by atoms with E-state index in [1.807, 2.05) is 12.1 Å². The number of non-ortho nitro benzene ring substituents is 1. The van der Waals surface area contributed by atoms with E-state index in [-0.39, 0.29) is 10.6 Å². The Morgan fingerprint density at radius 3 is 2.53 bits per heavy atom. The summed E-state index contributed by atoms with van der Waals surface area (Å²) in [6, 6.07) is 6.93. The van der Waals surface area contributed by atoms with Crippen molar-refractivity contribution in [1.82, 2.24) is 0 Å². The SMILES string of the molecule is O=[N+]([O-])c1ccc(CCC2CCCC2Br)cc1. The number of halogens is 1. The number of hydrogen-bond acceptors (Lipinski definition) is 2. The van der Waals surface area contributed by atoms with Gasteiger partial charge in [0.25, 0.3) is 5.69 Å². The Kier molecular flexibility index (Phi) is 4.15. The second-order valence-corrected chi connectivity index (χ2v) is 5.85. The lowest BCUT2D eigenvalue weighted by Gasteiger charge is -2.13. The van der Waals surface area contributed by atoms with Crippen LogP contribution in [-0.4, -0.2) is 9.75 Å². The lowest BCUT2D eigenvalue weighted by atomic mass is 9.98. The summed E-state index contributed by atoms with van der Waals surface area (Å²) in [5.74, 6) is 0.769. The lowest BCUT2D eigenvalue weighted by molar-refractivity contribution is -0.384. The van der Waals surface area contributed by atoms with Crippen molar-refractivity contribution in [3.8, 4) is 0 Å². The number of rotatable bonds is 4. The molecule has 2 rings (SSSR count). The first-order valence-corrected chi connectivity index (χ1v) is 6.96. The van der Waals surface area contributed by atoms with Gasteiger partial charge < -0.3 is 0 Å². The molecule has 2 unspecified atom stereocenters. The number of nitro benzene ring substituents is 1. The molecular formula is C13H16BrNO2. The van der Waals surface area contributed by atoms with Crippen LogP contribution < -0.4 is 0 Å². The highest BCUT2D eigenvalue weighted by Crippen LogP contribution is 2.34. The maximum atomic E-state index is 10.5. The van der Waals surface area contributed by atoms with Gasteiger partial charge in [-0.1, -0.05) is 34.5 Å². The highest BCUT2D eigenvalue weighted by molar-refractivity contribution is 9.09. The number of benzene rings is 1. The average molecular weight is 298 g/mol. The third-order valence-corrected chi connectivity index (χ3v) is 4.72.